The highest BCUT2D eigenvalue weighted by atomic mass is 19.4. The lowest BCUT2D eigenvalue weighted by molar-refractivity contribution is -0.277. The third-order valence-corrected chi connectivity index (χ3v) is 28.0. The van der Waals surface area contributed by atoms with Crippen molar-refractivity contribution in [2.75, 3.05) is 28.4 Å². The van der Waals surface area contributed by atoms with Gasteiger partial charge in [-0.05, 0) is 324 Å². The molecule has 18 nitrogen and oxygen atoms in total. The highest BCUT2D eigenvalue weighted by Crippen LogP contribution is 2.69. The minimum Gasteiger partial charge on any atom is -0.481 e. The molecule has 0 spiro atoms. The number of carboxylic acids is 4. The number of aromatic carboxylic acids is 1. The number of fused-ring (bicyclic) bond motifs is 15. The topological polar surface area (TPSA) is 295 Å². The summed E-state index contributed by atoms with van der Waals surface area (Å²) < 4.78 is 93.4. The Kier molecular flexibility index (Phi) is 39.0. The maximum atomic E-state index is 12.6. The number of ether oxygens (including phenoxy) is 4. The number of carbonyl (C=O) groups is 8. The molecular weight excluding hydrogens is 1460 g/mol. The maximum absolute atomic E-state index is 12.6. The second kappa shape index (κ2) is 42.6. The van der Waals surface area contributed by atoms with Crippen LogP contribution in [-0.2, 0) is 57.9 Å². The van der Waals surface area contributed by atoms with E-state index in [4.69, 9.17) is 15.3 Å². The van der Waals surface area contributed by atoms with Gasteiger partial charge in [-0.1, -0.05) is 86.8 Å². The van der Waals surface area contributed by atoms with Crippen LogP contribution in [0.3, 0.4) is 0 Å². The largest absolute Gasteiger partial charge is 0.481 e. The zero-order chi connectivity index (χ0) is 86.6. The van der Waals surface area contributed by atoms with Crippen LogP contribution in [0.15, 0.2) is 24.3 Å². The number of rotatable bonds is 18. The molecule has 10 aliphatic carbocycles. The molecule has 10 fully saturated rings. The molecule has 0 saturated heterocycles. The van der Waals surface area contributed by atoms with Crippen LogP contribution in [0.25, 0.3) is 0 Å². The van der Waals surface area contributed by atoms with Crippen LogP contribution in [0.5, 0.6) is 0 Å². The average molecular weight is 1610 g/mol. The summed E-state index contributed by atoms with van der Waals surface area (Å²) in [6.45, 7) is 36.4. The molecule has 648 valence electrons. The van der Waals surface area contributed by atoms with Gasteiger partial charge in [0, 0.05) is 0 Å². The van der Waals surface area contributed by atoms with E-state index in [0.717, 1.165) is 133 Å². The number of aliphatic hydroxyl groups is 2. The van der Waals surface area contributed by atoms with Crippen molar-refractivity contribution < 1.29 is 114 Å². The standard InChI is InChI=1S/C13H18O2.C12H16O2.C11H17F3O.C10H15F3O.C8H12O2.4C7H14O2.C6H12O2/c14-13(15)10-5-8-4-9(10)12-7-2-1-6(3-7)11(8)12;1-4-12(2,3)10-7-5-9(6-8-10)11(13)14;1-10(15,11(12,13)14)6-9-5-7-2-3-8(9)4-7;1-9(14,10(11,12)13)8-5-6-2-3-7(8)4-6;9-8(10)7-4-5-1-2-6(7)3-5;4*1-5-7(2,3)6(8)9-4;1-4-6(2,3)5(7)8/h6-12H,1-5H2,(H,14,15);5-8H,4H2,1-3H3,(H,13,14);7-9,15H,2-6H2,1H3;6-8,14H,2-5H2,1H3;5-7H,1-4H2,(H,9,10);4*5H2,1-4H3;4H2,1-3H3,(H,7,8). The first-order chi connectivity index (χ1) is 51.3. The fraction of sp³-hybridized carbons (Fsp3) is 0.841. The fourth-order valence-electron chi connectivity index (χ4n) is 17.9. The Morgan fingerprint density at radius 1 is 0.384 bits per heavy atom. The van der Waals surface area contributed by atoms with E-state index in [-0.39, 0.29) is 81.0 Å². The predicted octanol–water partition coefficient (Wildman–Crippen LogP) is 20.7. The Balaban J connectivity index is 0.000000426. The number of carboxylic acid groups (broad SMARTS) is 4. The number of hydrogen-bond donors (Lipinski definition) is 6. The van der Waals surface area contributed by atoms with Gasteiger partial charge in [0.05, 0.1) is 72.9 Å². The van der Waals surface area contributed by atoms with E-state index in [1.54, 1.807) is 26.0 Å². The van der Waals surface area contributed by atoms with Crippen molar-refractivity contribution in [2.24, 2.45) is 122 Å². The normalized spacial score (nSPS) is 28.2. The Hall–Kier alpha value is -5.52. The van der Waals surface area contributed by atoms with E-state index in [9.17, 15) is 80.0 Å². The van der Waals surface area contributed by atoms with E-state index in [1.165, 1.54) is 85.4 Å². The molecule has 24 heteroatoms. The highest BCUT2D eigenvalue weighted by molar-refractivity contribution is 5.87. The number of hydrogen-bond acceptors (Lipinski definition) is 14. The summed E-state index contributed by atoms with van der Waals surface area (Å²) in [5.41, 5.74) is -5.11. The van der Waals surface area contributed by atoms with Crippen LogP contribution >= 0.6 is 0 Å². The van der Waals surface area contributed by atoms with Gasteiger partial charge in [-0.2, -0.15) is 26.3 Å². The Labute approximate surface area is 666 Å². The smallest absolute Gasteiger partial charge is 0.417 e. The SMILES string of the molecule is CC(O)(C1CC2CCC1C2)C(F)(F)F.CC(O)(CC1CC2CCC1C2)C(F)(F)F.CCC(C)(C)C(=O)O.CCC(C)(C)C(=O)OC.CCC(C)(C)C(=O)OC.CCC(C)(C)C(=O)OC.CCC(C)(C)C(=O)OC.CCC(C)(C)c1ccc(C(=O)O)cc1.O=C(O)C1CC2CC1C1C3CCC(C3)C21.O=C(O)C1CC2CCC1C2. The molecule has 18 atom stereocenters. The molecule has 10 aliphatic rings. The number of alkyl halides is 6. The average Bonchev–Trinajstić information content (AvgIpc) is 1.55. The first-order valence-electron chi connectivity index (χ1n) is 41.2. The summed E-state index contributed by atoms with van der Waals surface area (Å²) in [4.78, 5) is 86.0. The Bertz CT molecular complexity index is 3040. The minimum absolute atomic E-state index is 0.0127. The van der Waals surface area contributed by atoms with Gasteiger partial charge in [-0.15, -0.1) is 0 Å². The predicted molar refractivity (Wildman–Crippen MR) is 420 cm³/mol. The molecule has 0 aliphatic heterocycles. The summed E-state index contributed by atoms with van der Waals surface area (Å²) in [7, 11) is 5.67. The first-order valence-corrected chi connectivity index (χ1v) is 41.2. The van der Waals surface area contributed by atoms with Crippen LogP contribution in [0.2, 0.25) is 0 Å². The van der Waals surface area contributed by atoms with Gasteiger partial charge in [-0.25, -0.2) is 4.79 Å². The molecule has 0 amide bonds. The van der Waals surface area contributed by atoms with Gasteiger partial charge in [0.1, 0.15) is 0 Å². The Morgan fingerprint density at radius 2 is 0.750 bits per heavy atom. The van der Waals surface area contributed by atoms with Crippen molar-refractivity contribution in [3.8, 4) is 0 Å². The number of benzene rings is 1. The van der Waals surface area contributed by atoms with Crippen LogP contribution in [0, 0.1) is 122 Å². The third kappa shape index (κ3) is 28.1. The molecule has 6 N–H and O–H groups in total. The second-order valence-corrected chi connectivity index (χ2v) is 37.9. The Morgan fingerprint density at radius 3 is 1.01 bits per heavy atom. The first kappa shape index (κ1) is 103. The van der Waals surface area contributed by atoms with Gasteiger partial charge in [-0.3, -0.25) is 33.6 Å². The summed E-state index contributed by atoms with van der Waals surface area (Å²) in [5.74, 6) is 4.25. The van der Waals surface area contributed by atoms with Crippen LogP contribution < -0.4 is 0 Å². The fourth-order valence-corrected chi connectivity index (χ4v) is 17.9. The van der Waals surface area contributed by atoms with Gasteiger partial charge in [0.15, 0.2) is 11.2 Å². The quantitative estimate of drug-likeness (QED) is 0.0344. The van der Waals surface area contributed by atoms with E-state index in [1.807, 2.05) is 102 Å². The highest BCUT2D eigenvalue weighted by Gasteiger charge is 2.64. The summed E-state index contributed by atoms with van der Waals surface area (Å²) in [6.07, 6.45) is 14.6. The van der Waals surface area contributed by atoms with Crippen molar-refractivity contribution in [2.45, 2.75) is 322 Å². The minimum atomic E-state index is -4.49. The number of carbonyl (C=O) groups excluding carboxylic acids is 4. The van der Waals surface area contributed by atoms with E-state index in [2.05, 4.69) is 39.7 Å². The van der Waals surface area contributed by atoms with Crippen molar-refractivity contribution in [1.82, 2.24) is 0 Å². The molecule has 112 heavy (non-hydrogen) atoms. The monoisotopic (exact) mass is 1610 g/mol. The third-order valence-electron chi connectivity index (χ3n) is 28.0. The number of esters is 4. The van der Waals surface area contributed by atoms with Gasteiger partial charge in [0.2, 0.25) is 0 Å². The van der Waals surface area contributed by atoms with Crippen molar-refractivity contribution in [3.05, 3.63) is 35.4 Å². The molecule has 0 heterocycles. The number of halogens is 6. The van der Waals surface area contributed by atoms with Gasteiger partial charge >= 0.3 is 60.1 Å². The molecular formula is C88H146F6O18. The molecule has 11 rings (SSSR count). The zero-order valence-electron chi connectivity index (χ0n) is 72.4. The van der Waals surface area contributed by atoms with Crippen LogP contribution in [-0.4, -0.2) is 130 Å². The molecule has 18 unspecified atom stereocenters. The molecule has 0 radical (unpaired) electrons. The van der Waals surface area contributed by atoms with E-state index >= 15 is 0 Å². The molecule has 1 aromatic carbocycles. The second-order valence-electron chi connectivity index (χ2n) is 37.9. The van der Waals surface area contributed by atoms with Crippen LogP contribution in [0.1, 0.15) is 308 Å². The van der Waals surface area contributed by atoms with E-state index in [0.29, 0.717) is 48.0 Å². The summed E-state index contributed by atoms with van der Waals surface area (Å²) >= 11 is 0. The van der Waals surface area contributed by atoms with Crippen molar-refractivity contribution in [3.63, 3.8) is 0 Å². The molecule has 10 bridgehead atoms. The molecule has 10 saturated carbocycles. The maximum Gasteiger partial charge on any atom is 0.417 e. The van der Waals surface area contributed by atoms with E-state index < -0.39 is 58.8 Å². The van der Waals surface area contributed by atoms with Gasteiger partial charge in [0.25, 0.3) is 0 Å². The van der Waals surface area contributed by atoms with Gasteiger partial charge < -0.3 is 49.6 Å². The molecule has 0 aromatic heterocycles. The lowest BCUT2D eigenvalue weighted by Gasteiger charge is -2.37. The lowest BCUT2D eigenvalue weighted by Crippen LogP contribution is -2.50. The zero-order valence-corrected chi connectivity index (χ0v) is 72.4. The molecule has 1 aromatic rings. The van der Waals surface area contributed by atoms with Crippen LogP contribution in [0.4, 0.5) is 26.3 Å². The van der Waals surface area contributed by atoms with Crippen molar-refractivity contribution in [1.29, 1.82) is 0 Å². The lowest BCUT2D eigenvalue weighted by atomic mass is 9.67. The van der Waals surface area contributed by atoms with Crippen molar-refractivity contribution >= 4 is 47.8 Å². The summed E-state index contributed by atoms with van der Waals surface area (Å²) in [6, 6.07) is 7.12. The number of methoxy groups -OCH3 is 4. The summed E-state index contributed by atoms with van der Waals surface area (Å²) in [5, 5.41) is 54.1. The number of aliphatic carboxylic acids is 3.